The van der Waals surface area contributed by atoms with E-state index in [0.29, 0.717) is 17.6 Å². The zero-order valence-corrected chi connectivity index (χ0v) is 16.0. The number of rotatable bonds is 0. The van der Waals surface area contributed by atoms with Crippen LogP contribution in [-0.2, 0) is 4.79 Å². The van der Waals surface area contributed by atoms with Gasteiger partial charge in [-0.25, -0.2) is 0 Å². The fraction of sp³-hybridized carbons (Fsp3) is 0.955. The number of hydrogen-bond acceptors (Lipinski definition) is 2. The van der Waals surface area contributed by atoms with E-state index >= 15 is 0 Å². The molecule has 2 saturated carbocycles. The summed E-state index contributed by atoms with van der Waals surface area (Å²) in [6.45, 7) is 0. The lowest BCUT2D eigenvalue weighted by atomic mass is 9.79. The van der Waals surface area contributed by atoms with Crippen molar-refractivity contribution in [3.05, 3.63) is 0 Å². The monoisotopic (exact) mass is 333 g/mol. The van der Waals surface area contributed by atoms with Crippen molar-refractivity contribution in [2.24, 2.45) is 11.8 Å². The third kappa shape index (κ3) is 4.84. The van der Waals surface area contributed by atoms with Crippen molar-refractivity contribution in [2.75, 3.05) is 7.05 Å². The Labute approximate surface area is 149 Å². The number of ketones is 1. The summed E-state index contributed by atoms with van der Waals surface area (Å²) in [7, 11) is 2.40. The molecular weight excluding hydrogens is 294 g/mol. The maximum Gasteiger partial charge on any atom is 0.139 e. The van der Waals surface area contributed by atoms with E-state index in [1.165, 1.54) is 89.9 Å². The van der Waals surface area contributed by atoms with Crippen molar-refractivity contribution in [1.29, 1.82) is 0 Å². The maximum absolute atomic E-state index is 13.3. The second kappa shape index (κ2) is 9.36. The smallest absolute Gasteiger partial charge is 0.139 e. The van der Waals surface area contributed by atoms with E-state index in [9.17, 15) is 4.79 Å². The Balaban J connectivity index is 1.83. The molecule has 2 nitrogen and oxygen atoms in total. The Morgan fingerprint density at radius 1 is 0.583 bits per heavy atom. The molecule has 1 aliphatic heterocycles. The molecule has 0 amide bonds. The number of carbonyl (C=O) groups excluding carboxylic acids is 1. The van der Waals surface area contributed by atoms with Gasteiger partial charge in [0.2, 0.25) is 0 Å². The van der Waals surface area contributed by atoms with Gasteiger partial charge in [-0.1, -0.05) is 51.4 Å². The van der Waals surface area contributed by atoms with Crippen molar-refractivity contribution in [3.63, 3.8) is 0 Å². The molecule has 4 atom stereocenters. The predicted octanol–water partition coefficient (Wildman–Crippen LogP) is 5.74. The summed E-state index contributed by atoms with van der Waals surface area (Å²) < 4.78 is 0. The maximum atomic E-state index is 13.3. The number of fused-ring (bicyclic) bond motifs is 6. The van der Waals surface area contributed by atoms with Gasteiger partial charge in [-0.3, -0.25) is 4.79 Å². The summed E-state index contributed by atoms with van der Waals surface area (Å²) in [6.07, 6.45) is 20.7. The van der Waals surface area contributed by atoms with E-state index in [2.05, 4.69) is 11.9 Å². The van der Waals surface area contributed by atoms with Gasteiger partial charge in [0.05, 0.1) is 0 Å². The van der Waals surface area contributed by atoms with Crippen LogP contribution in [0.4, 0.5) is 0 Å². The lowest BCUT2D eigenvalue weighted by molar-refractivity contribution is -0.128. The van der Waals surface area contributed by atoms with Crippen LogP contribution in [0.25, 0.3) is 0 Å². The topological polar surface area (TPSA) is 20.3 Å². The highest BCUT2D eigenvalue weighted by atomic mass is 16.1. The van der Waals surface area contributed by atoms with Crippen molar-refractivity contribution >= 4 is 5.78 Å². The van der Waals surface area contributed by atoms with Gasteiger partial charge in [0.25, 0.3) is 0 Å². The molecule has 4 bridgehead atoms. The molecule has 0 aromatic rings. The lowest BCUT2D eigenvalue weighted by Gasteiger charge is -2.38. The normalized spacial score (nSPS) is 38.0. The quantitative estimate of drug-likeness (QED) is 0.563. The van der Waals surface area contributed by atoms with E-state index in [1.54, 1.807) is 0 Å². The highest BCUT2D eigenvalue weighted by molar-refractivity contribution is 5.83. The van der Waals surface area contributed by atoms with Crippen LogP contribution >= 0.6 is 0 Å². The van der Waals surface area contributed by atoms with Gasteiger partial charge in [-0.2, -0.15) is 0 Å². The first-order valence-electron chi connectivity index (χ1n) is 11.0. The van der Waals surface area contributed by atoms with Gasteiger partial charge in [-0.15, -0.1) is 0 Å². The molecule has 138 valence electrons. The molecule has 0 radical (unpaired) electrons. The van der Waals surface area contributed by atoms with Crippen molar-refractivity contribution in [1.82, 2.24) is 4.90 Å². The number of carbonyl (C=O) groups is 1. The van der Waals surface area contributed by atoms with E-state index < -0.39 is 0 Å². The Kier molecular flexibility index (Phi) is 7.19. The molecule has 3 fully saturated rings. The second-order valence-electron chi connectivity index (χ2n) is 8.91. The summed E-state index contributed by atoms with van der Waals surface area (Å²) >= 11 is 0. The SMILES string of the molecule is CN1C2CCCCCCCC(CC2)C(=O)C2CCCCCC1CC2. The molecule has 1 heterocycles. The van der Waals surface area contributed by atoms with Gasteiger partial charge < -0.3 is 4.90 Å². The third-order valence-corrected chi connectivity index (χ3v) is 7.33. The highest BCUT2D eigenvalue weighted by Crippen LogP contribution is 2.34. The van der Waals surface area contributed by atoms with Gasteiger partial charge in [-0.05, 0) is 58.4 Å². The van der Waals surface area contributed by atoms with Crippen molar-refractivity contribution in [2.45, 2.75) is 115 Å². The first kappa shape index (κ1) is 18.4. The summed E-state index contributed by atoms with van der Waals surface area (Å²) in [5, 5.41) is 0. The van der Waals surface area contributed by atoms with Crippen LogP contribution in [0.2, 0.25) is 0 Å². The molecule has 0 spiro atoms. The highest BCUT2D eigenvalue weighted by Gasteiger charge is 2.32. The zero-order valence-electron chi connectivity index (χ0n) is 16.0. The summed E-state index contributed by atoms with van der Waals surface area (Å²) in [5.41, 5.74) is 0. The molecule has 3 rings (SSSR count). The van der Waals surface area contributed by atoms with Crippen LogP contribution in [0, 0.1) is 11.8 Å². The van der Waals surface area contributed by atoms with E-state index in [0.717, 1.165) is 24.9 Å². The Morgan fingerprint density at radius 3 is 1.54 bits per heavy atom. The lowest BCUT2D eigenvalue weighted by Crippen LogP contribution is -2.42. The van der Waals surface area contributed by atoms with Crippen molar-refractivity contribution < 1.29 is 4.79 Å². The molecule has 3 aliphatic rings. The van der Waals surface area contributed by atoms with E-state index in [1.807, 2.05) is 0 Å². The first-order chi connectivity index (χ1) is 11.8. The molecule has 4 unspecified atom stereocenters. The van der Waals surface area contributed by atoms with Crippen LogP contribution in [0.15, 0.2) is 0 Å². The molecule has 2 heteroatoms. The van der Waals surface area contributed by atoms with Crippen LogP contribution in [0.1, 0.15) is 103 Å². The Morgan fingerprint density at radius 2 is 1.00 bits per heavy atom. The Hall–Kier alpha value is -0.370. The minimum Gasteiger partial charge on any atom is -0.300 e. The van der Waals surface area contributed by atoms with Crippen LogP contribution in [0.3, 0.4) is 0 Å². The fourth-order valence-electron chi connectivity index (χ4n) is 5.63. The largest absolute Gasteiger partial charge is 0.300 e. The molecule has 1 saturated heterocycles. The van der Waals surface area contributed by atoms with Crippen LogP contribution < -0.4 is 0 Å². The minimum absolute atomic E-state index is 0.376. The molecule has 0 N–H and O–H groups in total. The summed E-state index contributed by atoms with van der Waals surface area (Å²) in [6, 6.07) is 1.45. The molecular formula is C22H39NO. The summed E-state index contributed by atoms with van der Waals surface area (Å²) in [4.78, 5) is 16.0. The molecule has 0 aromatic carbocycles. The fourth-order valence-corrected chi connectivity index (χ4v) is 5.63. The van der Waals surface area contributed by atoms with Gasteiger partial charge in [0.15, 0.2) is 0 Å². The van der Waals surface area contributed by atoms with E-state index in [4.69, 9.17) is 0 Å². The van der Waals surface area contributed by atoms with Crippen LogP contribution in [-0.4, -0.2) is 29.8 Å². The minimum atomic E-state index is 0.376. The standard InChI is InChI=1S/C22H39NO/c1-23-20-12-8-4-2-3-6-10-18(14-16-20)22(24)19-11-7-5-9-13-21(23)17-15-19/h18-21H,2-17H2,1H3. The average Bonchev–Trinajstić information content (AvgIpc) is 2.67. The van der Waals surface area contributed by atoms with Crippen LogP contribution in [0.5, 0.6) is 0 Å². The summed E-state index contributed by atoms with van der Waals surface area (Å²) in [5.74, 6) is 1.42. The number of nitrogens with zero attached hydrogens (tertiary/aromatic N) is 1. The van der Waals surface area contributed by atoms with Gasteiger partial charge >= 0.3 is 0 Å². The predicted molar refractivity (Wildman–Crippen MR) is 101 cm³/mol. The molecule has 0 aromatic heterocycles. The second-order valence-corrected chi connectivity index (χ2v) is 8.91. The average molecular weight is 334 g/mol. The van der Waals surface area contributed by atoms with Gasteiger partial charge in [0.1, 0.15) is 5.78 Å². The Bertz CT molecular complexity index is 393. The number of hydrogen-bond donors (Lipinski definition) is 0. The van der Waals surface area contributed by atoms with Gasteiger partial charge in [0, 0.05) is 23.9 Å². The third-order valence-electron chi connectivity index (χ3n) is 7.33. The molecule has 24 heavy (non-hydrogen) atoms. The van der Waals surface area contributed by atoms with Crippen molar-refractivity contribution in [3.8, 4) is 0 Å². The molecule has 2 aliphatic carbocycles. The van der Waals surface area contributed by atoms with E-state index in [-0.39, 0.29) is 0 Å². The first-order valence-corrected chi connectivity index (χ1v) is 11.0. The number of Topliss-reactive ketones (excluding diaryl/α,β-unsaturated/α-hetero) is 1. The zero-order chi connectivity index (χ0) is 16.8.